The second-order valence-corrected chi connectivity index (χ2v) is 7.23. The number of rotatable bonds is 6. The topological polar surface area (TPSA) is 74.7 Å². The van der Waals surface area contributed by atoms with E-state index >= 15 is 0 Å². The van der Waals surface area contributed by atoms with Gasteiger partial charge >= 0.3 is 5.97 Å². The van der Waals surface area contributed by atoms with E-state index in [1.165, 1.54) is 17.8 Å². The molecule has 0 aliphatic carbocycles. The molecule has 148 valence electrons. The summed E-state index contributed by atoms with van der Waals surface area (Å²) >= 11 is 0. The van der Waals surface area contributed by atoms with Crippen molar-refractivity contribution < 1.29 is 14.6 Å². The Morgan fingerprint density at radius 2 is 1.97 bits per heavy atom. The van der Waals surface area contributed by atoms with E-state index in [1.54, 1.807) is 6.20 Å². The van der Waals surface area contributed by atoms with Crippen molar-refractivity contribution in [3.63, 3.8) is 0 Å². The first-order valence-electron chi connectivity index (χ1n) is 9.51. The fourth-order valence-electron chi connectivity index (χ4n) is 3.52. The zero-order chi connectivity index (χ0) is 20.4. The van der Waals surface area contributed by atoms with Gasteiger partial charge in [-0.1, -0.05) is 23.8 Å². The second kappa shape index (κ2) is 7.83. The molecule has 4 rings (SSSR count). The summed E-state index contributed by atoms with van der Waals surface area (Å²) in [5.41, 5.74) is 5.26. The molecule has 6 heteroatoms. The molecule has 0 unspecified atom stereocenters. The monoisotopic (exact) mass is 389 g/mol. The number of aromatic carboxylic acids is 1. The highest BCUT2D eigenvalue weighted by molar-refractivity contribution is 5.93. The number of fused-ring (bicyclic) bond motifs is 1. The van der Waals surface area contributed by atoms with Gasteiger partial charge in [0.05, 0.1) is 24.1 Å². The maximum atomic E-state index is 11.4. The highest BCUT2D eigenvalue weighted by atomic mass is 16.5. The number of benzene rings is 2. The summed E-state index contributed by atoms with van der Waals surface area (Å²) in [5.74, 6) is 0.0465. The molecular weight excluding hydrogens is 366 g/mol. The van der Waals surface area contributed by atoms with Gasteiger partial charge < -0.3 is 20.1 Å². The van der Waals surface area contributed by atoms with Crippen LogP contribution in [-0.4, -0.2) is 36.3 Å². The number of carboxylic acid groups (broad SMARTS) is 1. The molecule has 1 atom stereocenters. The van der Waals surface area contributed by atoms with Gasteiger partial charge in [-0.05, 0) is 31.2 Å². The fourth-order valence-corrected chi connectivity index (χ4v) is 3.52. The number of carbonyl (C=O) groups is 1. The van der Waals surface area contributed by atoms with Crippen LogP contribution in [-0.2, 0) is 0 Å². The van der Waals surface area contributed by atoms with E-state index in [1.807, 2.05) is 7.05 Å². The van der Waals surface area contributed by atoms with Gasteiger partial charge in [-0.2, -0.15) is 0 Å². The minimum Gasteiger partial charge on any atom is -0.493 e. The zero-order valence-electron chi connectivity index (χ0n) is 16.4. The minimum absolute atomic E-state index is 0.144. The van der Waals surface area contributed by atoms with Gasteiger partial charge in [-0.15, -0.1) is 0 Å². The van der Waals surface area contributed by atoms with Crippen LogP contribution in [0.5, 0.6) is 5.75 Å². The van der Waals surface area contributed by atoms with Crippen LogP contribution in [0.3, 0.4) is 0 Å². The standard InChI is InChI=1S/C23H23N3O3/c1-15-3-5-17(6-4-15)26(2)18-7-8-19-16(14-29-22(19)11-18)12-25-21-13-24-10-9-20(21)23(27)28/h3-11,13,16,25H,12,14H2,1-2H3,(H,27,28)/t16-/m0/s1. The number of pyridine rings is 1. The Morgan fingerprint density at radius 3 is 2.72 bits per heavy atom. The molecule has 1 aliphatic rings. The Hall–Kier alpha value is -3.54. The summed E-state index contributed by atoms with van der Waals surface area (Å²) in [6, 6.07) is 16.1. The van der Waals surface area contributed by atoms with Crippen LogP contribution >= 0.6 is 0 Å². The number of nitrogens with zero attached hydrogens (tertiary/aromatic N) is 2. The molecule has 0 amide bonds. The maximum Gasteiger partial charge on any atom is 0.337 e. The average molecular weight is 389 g/mol. The fraction of sp³-hybridized carbons (Fsp3) is 0.217. The van der Waals surface area contributed by atoms with Crippen LogP contribution in [0, 0.1) is 6.92 Å². The van der Waals surface area contributed by atoms with Crippen molar-refractivity contribution in [3.8, 4) is 5.75 Å². The smallest absolute Gasteiger partial charge is 0.337 e. The summed E-state index contributed by atoms with van der Waals surface area (Å²) < 4.78 is 5.92. The number of ether oxygens (including phenoxy) is 1. The van der Waals surface area contributed by atoms with Gasteiger partial charge in [0, 0.05) is 48.7 Å². The number of anilines is 3. The van der Waals surface area contributed by atoms with Crippen molar-refractivity contribution in [1.82, 2.24) is 4.98 Å². The van der Waals surface area contributed by atoms with Gasteiger partial charge in [-0.3, -0.25) is 4.98 Å². The number of aryl methyl sites for hydroxylation is 1. The molecule has 6 nitrogen and oxygen atoms in total. The van der Waals surface area contributed by atoms with E-state index in [0.29, 0.717) is 18.8 Å². The van der Waals surface area contributed by atoms with Crippen molar-refractivity contribution >= 4 is 23.0 Å². The van der Waals surface area contributed by atoms with Gasteiger partial charge in [0.15, 0.2) is 0 Å². The molecule has 2 N–H and O–H groups in total. The second-order valence-electron chi connectivity index (χ2n) is 7.23. The quantitative estimate of drug-likeness (QED) is 0.649. The Balaban J connectivity index is 1.49. The van der Waals surface area contributed by atoms with E-state index in [2.05, 4.69) is 64.6 Å². The van der Waals surface area contributed by atoms with Crippen LogP contribution in [0.25, 0.3) is 0 Å². The van der Waals surface area contributed by atoms with Gasteiger partial charge in [0.25, 0.3) is 0 Å². The molecule has 1 aromatic heterocycles. The lowest BCUT2D eigenvalue weighted by Gasteiger charge is -2.20. The highest BCUT2D eigenvalue weighted by Crippen LogP contribution is 2.38. The Labute approximate surface area is 169 Å². The van der Waals surface area contributed by atoms with E-state index in [9.17, 15) is 9.90 Å². The van der Waals surface area contributed by atoms with Gasteiger partial charge in [0.1, 0.15) is 5.75 Å². The number of nitrogens with one attached hydrogen (secondary N) is 1. The van der Waals surface area contributed by atoms with E-state index in [4.69, 9.17) is 4.74 Å². The first-order chi connectivity index (χ1) is 14.0. The largest absolute Gasteiger partial charge is 0.493 e. The first-order valence-corrected chi connectivity index (χ1v) is 9.51. The Morgan fingerprint density at radius 1 is 1.21 bits per heavy atom. The Bertz CT molecular complexity index is 1030. The first kappa shape index (κ1) is 18.8. The van der Waals surface area contributed by atoms with Crippen molar-refractivity contribution in [3.05, 3.63) is 77.6 Å². The summed E-state index contributed by atoms with van der Waals surface area (Å²) in [7, 11) is 2.04. The molecule has 29 heavy (non-hydrogen) atoms. The molecular formula is C23H23N3O3. The van der Waals surface area contributed by atoms with Gasteiger partial charge in [-0.25, -0.2) is 4.79 Å². The summed E-state index contributed by atoms with van der Waals surface area (Å²) in [5, 5.41) is 12.5. The normalized spacial score (nSPS) is 14.8. The molecule has 0 saturated carbocycles. The van der Waals surface area contributed by atoms with E-state index in [0.717, 1.165) is 22.7 Å². The molecule has 2 heterocycles. The number of aromatic nitrogens is 1. The van der Waals surface area contributed by atoms with Crippen LogP contribution in [0.15, 0.2) is 60.9 Å². The van der Waals surface area contributed by atoms with Crippen molar-refractivity contribution in [2.75, 3.05) is 30.4 Å². The van der Waals surface area contributed by atoms with E-state index < -0.39 is 5.97 Å². The van der Waals surface area contributed by atoms with Crippen LogP contribution in [0.1, 0.15) is 27.4 Å². The lowest BCUT2D eigenvalue weighted by Crippen LogP contribution is -2.16. The SMILES string of the molecule is Cc1ccc(N(C)c2ccc3c(c2)OC[C@@H]3CNc2cnccc2C(=O)O)cc1. The molecule has 0 radical (unpaired) electrons. The number of hydrogen-bond donors (Lipinski definition) is 2. The van der Waals surface area contributed by atoms with E-state index in [-0.39, 0.29) is 11.5 Å². The third kappa shape index (κ3) is 3.87. The molecule has 2 aromatic carbocycles. The predicted molar refractivity (Wildman–Crippen MR) is 114 cm³/mol. The maximum absolute atomic E-state index is 11.4. The molecule has 0 spiro atoms. The molecule has 0 fully saturated rings. The summed E-state index contributed by atoms with van der Waals surface area (Å²) in [4.78, 5) is 17.5. The third-order valence-electron chi connectivity index (χ3n) is 5.28. The molecule has 3 aromatic rings. The minimum atomic E-state index is -0.971. The van der Waals surface area contributed by atoms with Gasteiger partial charge in [0.2, 0.25) is 0 Å². The van der Waals surface area contributed by atoms with Crippen molar-refractivity contribution in [1.29, 1.82) is 0 Å². The highest BCUT2D eigenvalue weighted by Gasteiger charge is 2.25. The molecule has 0 bridgehead atoms. The predicted octanol–water partition coefficient (Wildman–Crippen LogP) is 4.44. The molecule has 1 aliphatic heterocycles. The summed E-state index contributed by atoms with van der Waals surface area (Å²) in [6.07, 6.45) is 3.02. The molecule has 0 saturated heterocycles. The lowest BCUT2D eigenvalue weighted by molar-refractivity contribution is 0.0698. The van der Waals surface area contributed by atoms with Crippen LogP contribution < -0.4 is 15.0 Å². The third-order valence-corrected chi connectivity index (χ3v) is 5.28. The van der Waals surface area contributed by atoms with Crippen molar-refractivity contribution in [2.45, 2.75) is 12.8 Å². The van der Waals surface area contributed by atoms with Crippen LogP contribution in [0.4, 0.5) is 17.1 Å². The average Bonchev–Trinajstić information content (AvgIpc) is 3.14. The van der Waals surface area contributed by atoms with Crippen molar-refractivity contribution in [2.24, 2.45) is 0 Å². The van der Waals surface area contributed by atoms with Crippen LogP contribution in [0.2, 0.25) is 0 Å². The zero-order valence-corrected chi connectivity index (χ0v) is 16.4. The Kier molecular flexibility index (Phi) is 5.08. The number of hydrogen-bond acceptors (Lipinski definition) is 5. The summed E-state index contributed by atoms with van der Waals surface area (Å²) in [6.45, 7) is 3.21. The number of carboxylic acids is 1. The lowest BCUT2D eigenvalue weighted by atomic mass is 10.0.